The van der Waals surface area contributed by atoms with Gasteiger partial charge in [0, 0.05) is 61.5 Å². The second-order valence-corrected chi connectivity index (χ2v) is 11.9. The first-order valence-corrected chi connectivity index (χ1v) is 14.9. The molecule has 2 bridgehead atoms. The van der Waals surface area contributed by atoms with Crippen LogP contribution in [0.2, 0.25) is 0 Å². The summed E-state index contributed by atoms with van der Waals surface area (Å²) >= 11 is 3.35. The third kappa shape index (κ3) is 5.28. The van der Waals surface area contributed by atoms with Gasteiger partial charge in [-0.05, 0) is 65.5 Å². The third-order valence-electron chi connectivity index (χ3n) is 8.40. The molecular formula is C31H32BrN7O2. The lowest BCUT2D eigenvalue weighted by molar-refractivity contribution is 0.00210. The second kappa shape index (κ2) is 10.8. The highest BCUT2D eigenvalue weighted by Crippen LogP contribution is 2.39. The lowest BCUT2D eigenvalue weighted by Gasteiger charge is -2.43. The van der Waals surface area contributed by atoms with Crippen molar-refractivity contribution in [2.45, 2.75) is 56.9 Å². The molecule has 9 nitrogen and oxygen atoms in total. The van der Waals surface area contributed by atoms with Crippen molar-refractivity contribution in [1.82, 2.24) is 20.2 Å². The van der Waals surface area contributed by atoms with Gasteiger partial charge in [0.05, 0.1) is 17.6 Å². The van der Waals surface area contributed by atoms with E-state index < -0.39 is 0 Å². The number of fused-ring (bicyclic) bond motifs is 2. The smallest absolute Gasteiger partial charge is 0.215 e. The number of pyridine rings is 2. The van der Waals surface area contributed by atoms with Crippen molar-refractivity contribution in [2.24, 2.45) is 0 Å². The molecule has 5 heterocycles. The monoisotopic (exact) mass is 613 g/mol. The Bertz CT molecular complexity index is 1530. The Kier molecular flexibility index (Phi) is 6.86. The van der Waals surface area contributed by atoms with Crippen LogP contribution in [0, 0.1) is 6.92 Å². The number of anilines is 3. The van der Waals surface area contributed by atoms with E-state index in [1.165, 1.54) is 5.56 Å². The summed E-state index contributed by atoms with van der Waals surface area (Å²) in [6.45, 7) is 3.85. The molecule has 210 valence electrons. The fraction of sp³-hybridized carbons (Fsp3) is 0.355. The predicted molar refractivity (Wildman–Crippen MR) is 162 cm³/mol. The normalized spacial score (nSPS) is 23.3. The van der Waals surface area contributed by atoms with Crippen LogP contribution < -0.4 is 25.0 Å². The highest BCUT2D eigenvalue weighted by atomic mass is 79.9. The summed E-state index contributed by atoms with van der Waals surface area (Å²) in [5.41, 5.74) is 11.6. The van der Waals surface area contributed by atoms with Crippen molar-refractivity contribution in [3.8, 4) is 22.9 Å². The molecule has 1 saturated carbocycles. The zero-order valence-electron chi connectivity index (χ0n) is 22.9. The number of benzene rings is 1. The predicted octanol–water partition coefficient (Wildman–Crippen LogP) is 5.43. The first kappa shape index (κ1) is 26.0. The number of aryl methyl sites for hydroxylation is 1. The first-order valence-electron chi connectivity index (χ1n) is 14.1. The Morgan fingerprint density at radius 3 is 2.44 bits per heavy atom. The average molecular weight is 615 g/mol. The summed E-state index contributed by atoms with van der Waals surface area (Å²) < 4.78 is 13.1. The van der Waals surface area contributed by atoms with Crippen LogP contribution in [0.3, 0.4) is 0 Å². The number of piperazine rings is 1. The number of hydrogen-bond donors (Lipinski definition) is 1. The summed E-state index contributed by atoms with van der Waals surface area (Å²) in [6.07, 6.45) is 7.76. The Labute approximate surface area is 247 Å². The van der Waals surface area contributed by atoms with Crippen LogP contribution in [0.5, 0.6) is 11.6 Å². The number of nitrogen functional groups attached to an aromatic ring is 1. The van der Waals surface area contributed by atoms with E-state index in [0.29, 0.717) is 23.8 Å². The SMILES string of the molecule is Cc1ccccc1-c1cc(N2CC3CCC(C2)N3c2ccnc(OC3CC(Oc4ccc(Br)nc4)C3)c2)c(N)nn1. The quantitative estimate of drug-likeness (QED) is 0.273. The van der Waals surface area contributed by atoms with Crippen molar-refractivity contribution in [2.75, 3.05) is 28.6 Å². The minimum absolute atomic E-state index is 0.101. The van der Waals surface area contributed by atoms with Crippen molar-refractivity contribution < 1.29 is 9.47 Å². The maximum atomic E-state index is 6.37. The summed E-state index contributed by atoms with van der Waals surface area (Å²) in [6, 6.07) is 19.1. The van der Waals surface area contributed by atoms with Crippen molar-refractivity contribution in [3.05, 3.63) is 77.2 Å². The van der Waals surface area contributed by atoms with Gasteiger partial charge in [0.15, 0.2) is 5.82 Å². The average Bonchev–Trinajstić information content (AvgIpc) is 3.23. The van der Waals surface area contributed by atoms with Crippen LogP contribution >= 0.6 is 15.9 Å². The molecular weight excluding hydrogens is 582 g/mol. The Morgan fingerprint density at radius 1 is 0.902 bits per heavy atom. The van der Waals surface area contributed by atoms with Crippen molar-refractivity contribution in [3.63, 3.8) is 0 Å². The van der Waals surface area contributed by atoms with Gasteiger partial charge in [-0.25, -0.2) is 9.97 Å². The van der Waals surface area contributed by atoms with E-state index in [1.807, 2.05) is 30.5 Å². The number of hydrogen-bond acceptors (Lipinski definition) is 9. The van der Waals surface area contributed by atoms with Gasteiger partial charge in [0.25, 0.3) is 0 Å². The molecule has 10 heteroatoms. The van der Waals surface area contributed by atoms with Crippen LogP contribution in [0.15, 0.2) is 71.6 Å². The zero-order chi connectivity index (χ0) is 27.9. The van der Waals surface area contributed by atoms with Crippen LogP contribution in [0.1, 0.15) is 31.2 Å². The number of nitrogens with two attached hydrogens (primary N) is 1. The van der Waals surface area contributed by atoms with Gasteiger partial charge in [-0.15, -0.1) is 10.2 Å². The molecule has 1 aliphatic carbocycles. The van der Waals surface area contributed by atoms with E-state index in [1.54, 1.807) is 6.20 Å². The molecule has 2 N–H and O–H groups in total. The fourth-order valence-electron chi connectivity index (χ4n) is 6.29. The third-order valence-corrected chi connectivity index (χ3v) is 8.87. The van der Waals surface area contributed by atoms with Gasteiger partial charge in [-0.3, -0.25) is 0 Å². The van der Waals surface area contributed by atoms with E-state index in [-0.39, 0.29) is 12.2 Å². The topological polar surface area (TPSA) is 103 Å². The molecule has 41 heavy (non-hydrogen) atoms. The minimum Gasteiger partial charge on any atom is -0.489 e. The number of aromatic nitrogens is 4. The Balaban J connectivity index is 1.01. The number of halogens is 1. The van der Waals surface area contributed by atoms with Gasteiger partial charge in [-0.1, -0.05) is 24.3 Å². The Hall–Kier alpha value is -3.92. The van der Waals surface area contributed by atoms with Crippen LogP contribution in [-0.2, 0) is 0 Å². The van der Waals surface area contributed by atoms with Gasteiger partial charge in [-0.2, -0.15) is 0 Å². The molecule has 2 aliphatic heterocycles. The van der Waals surface area contributed by atoms with Crippen molar-refractivity contribution >= 4 is 33.1 Å². The molecule has 3 aliphatic rings. The van der Waals surface area contributed by atoms with E-state index in [0.717, 1.165) is 71.8 Å². The zero-order valence-corrected chi connectivity index (χ0v) is 24.4. The van der Waals surface area contributed by atoms with E-state index in [9.17, 15) is 0 Å². The largest absolute Gasteiger partial charge is 0.489 e. The van der Waals surface area contributed by atoms with E-state index in [2.05, 4.69) is 83.2 Å². The standard InChI is InChI=1S/C31H32BrN7O2/c1-19-4-2-3-5-26(19)27-15-28(31(33)37-36-27)38-17-21-6-7-22(18-38)39(21)20-10-11-34-30(12-20)41-25-13-24(14-25)40-23-8-9-29(32)35-16-23/h2-5,8-12,15-16,21-22,24-25H,6-7,13-14,17-18H2,1H3,(H2,33,37). The second-order valence-electron chi connectivity index (χ2n) is 11.1. The summed E-state index contributed by atoms with van der Waals surface area (Å²) in [7, 11) is 0. The van der Waals surface area contributed by atoms with E-state index >= 15 is 0 Å². The maximum Gasteiger partial charge on any atom is 0.215 e. The molecule has 1 aromatic carbocycles. The lowest BCUT2D eigenvalue weighted by Crippen LogP contribution is -2.54. The number of rotatable bonds is 7. The highest BCUT2D eigenvalue weighted by molar-refractivity contribution is 9.10. The van der Waals surface area contributed by atoms with Gasteiger partial charge < -0.3 is 25.0 Å². The molecule has 2 unspecified atom stereocenters. The van der Waals surface area contributed by atoms with Gasteiger partial charge in [0.2, 0.25) is 5.88 Å². The van der Waals surface area contributed by atoms with Crippen LogP contribution in [0.4, 0.5) is 17.2 Å². The molecule has 3 aromatic heterocycles. The molecule has 3 fully saturated rings. The van der Waals surface area contributed by atoms with Gasteiger partial charge in [0.1, 0.15) is 22.6 Å². The number of ether oxygens (including phenoxy) is 2. The summed E-state index contributed by atoms with van der Waals surface area (Å²) in [4.78, 5) is 13.7. The summed E-state index contributed by atoms with van der Waals surface area (Å²) in [5, 5.41) is 8.75. The van der Waals surface area contributed by atoms with Crippen LogP contribution in [0.25, 0.3) is 11.3 Å². The molecule has 4 aromatic rings. The molecule has 0 radical (unpaired) electrons. The van der Waals surface area contributed by atoms with E-state index in [4.69, 9.17) is 15.2 Å². The maximum absolute atomic E-state index is 6.37. The molecule has 0 spiro atoms. The fourth-order valence-corrected chi connectivity index (χ4v) is 6.52. The van der Waals surface area contributed by atoms with Crippen LogP contribution in [-0.4, -0.2) is 57.5 Å². The summed E-state index contributed by atoms with van der Waals surface area (Å²) in [5.74, 6) is 1.93. The minimum atomic E-state index is 0.101. The molecule has 0 amide bonds. The molecule has 2 saturated heterocycles. The lowest BCUT2D eigenvalue weighted by atomic mass is 9.92. The Morgan fingerprint density at radius 2 is 1.68 bits per heavy atom. The van der Waals surface area contributed by atoms with Gasteiger partial charge >= 0.3 is 0 Å². The first-order chi connectivity index (χ1) is 20.0. The highest BCUT2D eigenvalue weighted by Gasteiger charge is 2.41. The molecule has 7 rings (SSSR count). The van der Waals surface area contributed by atoms with Crippen molar-refractivity contribution in [1.29, 1.82) is 0 Å². The molecule has 2 atom stereocenters. The number of nitrogens with zero attached hydrogens (tertiary/aromatic N) is 6.